The van der Waals surface area contributed by atoms with Crippen molar-refractivity contribution in [3.8, 4) is 5.75 Å². The lowest BCUT2D eigenvalue weighted by molar-refractivity contribution is -0.157. The van der Waals surface area contributed by atoms with Crippen LogP contribution in [0.1, 0.15) is 11.1 Å². The van der Waals surface area contributed by atoms with Crippen LogP contribution in [0.15, 0.2) is 18.2 Å². The average Bonchev–Trinajstić information content (AvgIpc) is 2.90. The van der Waals surface area contributed by atoms with Crippen LogP contribution < -0.4 is 10.2 Å². The SMILES string of the molecule is COCCOCOc1ccc2c(c1)[C@@]1(C(=O)NOC)CN(C2)C(=O)N1OS(=O)(=O)O. The van der Waals surface area contributed by atoms with Gasteiger partial charge in [-0.1, -0.05) is 6.07 Å². The summed E-state index contributed by atoms with van der Waals surface area (Å²) in [6, 6.07) is 3.80. The molecule has 2 aliphatic heterocycles. The molecule has 3 amide bonds. The van der Waals surface area contributed by atoms with Gasteiger partial charge in [0.1, 0.15) is 5.75 Å². The Morgan fingerprint density at radius 2 is 2.07 bits per heavy atom. The molecule has 3 rings (SSSR count). The predicted molar refractivity (Wildman–Crippen MR) is 96.9 cm³/mol. The summed E-state index contributed by atoms with van der Waals surface area (Å²) < 4.78 is 52.0. The molecular weight excluding hydrogens is 426 g/mol. The van der Waals surface area contributed by atoms with Crippen molar-refractivity contribution in [1.29, 1.82) is 0 Å². The summed E-state index contributed by atoms with van der Waals surface area (Å²) in [7, 11) is -2.40. The molecule has 1 aromatic rings. The highest BCUT2D eigenvalue weighted by Gasteiger charge is 2.62. The third-order valence-corrected chi connectivity index (χ3v) is 4.92. The molecule has 0 spiro atoms. The first-order chi connectivity index (χ1) is 14.2. The van der Waals surface area contributed by atoms with Gasteiger partial charge in [0, 0.05) is 19.2 Å². The van der Waals surface area contributed by atoms with E-state index in [2.05, 4.69) is 14.6 Å². The van der Waals surface area contributed by atoms with E-state index in [0.717, 1.165) is 0 Å². The molecule has 2 N–H and O–H groups in total. The fourth-order valence-corrected chi connectivity index (χ4v) is 3.74. The second-order valence-corrected chi connectivity index (χ2v) is 7.42. The Bertz CT molecular complexity index is 924. The van der Waals surface area contributed by atoms with E-state index in [9.17, 15) is 18.0 Å². The zero-order valence-corrected chi connectivity index (χ0v) is 17.0. The van der Waals surface area contributed by atoms with E-state index < -0.39 is 27.9 Å². The molecule has 2 heterocycles. The first-order valence-electron chi connectivity index (χ1n) is 8.65. The minimum Gasteiger partial charge on any atom is -0.468 e. The number of hydrogen-bond acceptors (Lipinski definition) is 9. The van der Waals surface area contributed by atoms with Crippen molar-refractivity contribution in [2.24, 2.45) is 0 Å². The number of amides is 3. The number of carbonyl (C=O) groups is 2. The van der Waals surface area contributed by atoms with Gasteiger partial charge in [0.25, 0.3) is 5.91 Å². The topological polar surface area (TPSA) is 153 Å². The van der Waals surface area contributed by atoms with E-state index in [-0.39, 0.29) is 25.4 Å². The summed E-state index contributed by atoms with van der Waals surface area (Å²) in [6.45, 7) is 0.438. The normalized spacial score (nSPS) is 20.3. The molecule has 1 saturated heterocycles. The summed E-state index contributed by atoms with van der Waals surface area (Å²) >= 11 is 0. The third-order valence-electron chi connectivity index (χ3n) is 4.58. The van der Waals surface area contributed by atoms with Crippen LogP contribution in [-0.4, -0.2) is 75.6 Å². The fraction of sp³-hybridized carbons (Fsp3) is 0.500. The van der Waals surface area contributed by atoms with Gasteiger partial charge in [-0.05, 0) is 17.7 Å². The molecule has 2 bridgehead atoms. The zero-order valence-electron chi connectivity index (χ0n) is 16.2. The van der Waals surface area contributed by atoms with Gasteiger partial charge in [0.15, 0.2) is 12.3 Å². The van der Waals surface area contributed by atoms with Gasteiger partial charge in [0.05, 0.1) is 26.9 Å². The van der Waals surface area contributed by atoms with Crippen molar-refractivity contribution in [3.05, 3.63) is 29.3 Å². The Hall–Kier alpha value is -2.49. The monoisotopic (exact) mass is 447 g/mol. The molecule has 0 aliphatic carbocycles. The van der Waals surface area contributed by atoms with E-state index in [1.54, 1.807) is 12.1 Å². The highest BCUT2D eigenvalue weighted by Crippen LogP contribution is 2.45. The number of urea groups is 1. The average molecular weight is 447 g/mol. The van der Waals surface area contributed by atoms with Gasteiger partial charge >= 0.3 is 16.4 Å². The largest absolute Gasteiger partial charge is 0.468 e. The predicted octanol–water partition coefficient (Wildman–Crippen LogP) is -0.456. The number of benzene rings is 1. The van der Waals surface area contributed by atoms with Crippen molar-refractivity contribution >= 4 is 22.3 Å². The molecule has 30 heavy (non-hydrogen) atoms. The molecule has 1 fully saturated rings. The molecule has 14 heteroatoms. The first-order valence-corrected chi connectivity index (χ1v) is 10.0. The van der Waals surface area contributed by atoms with Crippen molar-refractivity contribution in [3.63, 3.8) is 0 Å². The molecule has 13 nitrogen and oxygen atoms in total. The van der Waals surface area contributed by atoms with Crippen LogP contribution in [-0.2, 0) is 45.9 Å². The minimum absolute atomic E-state index is 0.0894. The molecule has 1 atom stereocenters. The Morgan fingerprint density at radius 1 is 1.30 bits per heavy atom. The number of hydroxylamine groups is 3. The highest BCUT2D eigenvalue weighted by molar-refractivity contribution is 7.80. The summed E-state index contributed by atoms with van der Waals surface area (Å²) in [6.07, 6.45) is 0. The number of methoxy groups -OCH3 is 1. The molecule has 0 aromatic heterocycles. The number of fused-ring (bicyclic) bond motifs is 4. The highest BCUT2D eigenvalue weighted by atomic mass is 32.3. The quantitative estimate of drug-likeness (QED) is 0.209. The maximum atomic E-state index is 12.9. The van der Waals surface area contributed by atoms with Crippen LogP contribution in [0.5, 0.6) is 5.75 Å². The number of nitrogens with one attached hydrogen (secondary N) is 1. The maximum Gasteiger partial charge on any atom is 0.418 e. The fourth-order valence-electron chi connectivity index (χ4n) is 3.36. The second-order valence-electron chi connectivity index (χ2n) is 6.41. The van der Waals surface area contributed by atoms with Crippen LogP contribution in [0, 0.1) is 0 Å². The van der Waals surface area contributed by atoms with Gasteiger partial charge < -0.3 is 19.1 Å². The van der Waals surface area contributed by atoms with Gasteiger partial charge in [-0.15, -0.1) is 4.28 Å². The van der Waals surface area contributed by atoms with Crippen LogP contribution >= 0.6 is 0 Å². The van der Waals surface area contributed by atoms with Gasteiger partial charge in [0.2, 0.25) is 0 Å². The molecular formula is C16H21N3O10S. The number of carbonyl (C=O) groups excluding carboxylic acids is 2. The number of ether oxygens (including phenoxy) is 3. The van der Waals surface area contributed by atoms with E-state index >= 15 is 0 Å². The van der Waals surface area contributed by atoms with E-state index in [4.69, 9.17) is 18.8 Å². The van der Waals surface area contributed by atoms with Gasteiger partial charge in [-0.2, -0.15) is 13.5 Å². The van der Waals surface area contributed by atoms with Crippen LogP contribution in [0.25, 0.3) is 0 Å². The lowest BCUT2D eigenvalue weighted by atomic mass is 9.83. The lowest BCUT2D eigenvalue weighted by Crippen LogP contribution is -2.56. The van der Waals surface area contributed by atoms with Crippen LogP contribution in [0.3, 0.4) is 0 Å². The maximum absolute atomic E-state index is 12.9. The summed E-state index contributed by atoms with van der Waals surface area (Å²) in [5, 5.41) is 0.321. The van der Waals surface area contributed by atoms with E-state index in [1.165, 1.54) is 25.2 Å². The molecule has 0 radical (unpaired) electrons. The van der Waals surface area contributed by atoms with Crippen molar-refractivity contribution in [2.45, 2.75) is 12.1 Å². The van der Waals surface area contributed by atoms with Gasteiger partial charge in [-0.25, -0.2) is 10.3 Å². The number of hydrogen-bond donors (Lipinski definition) is 2. The van der Waals surface area contributed by atoms with Crippen molar-refractivity contribution in [2.75, 3.05) is 40.8 Å². The molecule has 0 unspecified atom stereocenters. The van der Waals surface area contributed by atoms with Crippen LogP contribution in [0.2, 0.25) is 0 Å². The summed E-state index contributed by atoms with van der Waals surface area (Å²) in [5.41, 5.74) is 0.948. The number of rotatable bonds is 10. The first kappa shape index (κ1) is 22.2. The summed E-state index contributed by atoms with van der Waals surface area (Å²) in [5.74, 6) is -0.575. The summed E-state index contributed by atoms with van der Waals surface area (Å²) in [4.78, 5) is 31.5. The Kier molecular flexibility index (Phi) is 6.44. The Morgan fingerprint density at radius 3 is 2.73 bits per heavy atom. The number of nitrogens with zero attached hydrogens (tertiary/aromatic N) is 2. The van der Waals surface area contributed by atoms with Crippen molar-refractivity contribution in [1.82, 2.24) is 15.4 Å². The second kappa shape index (κ2) is 8.71. The molecule has 2 aliphatic rings. The molecule has 0 saturated carbocycles. The smallest absolute Gasteiger partial charge is 0.418 e. The van der Waals surface area contributed by atoms with Crippen LogP contribution in [0.4, 0.5) is 4.79 Å². The minimum atomic E-state index is -5.11. The van der Waals surface area contributed by atoms with Crippen molar-refractivity contribution < 1.29 is 45.9 Å². The standard InChI is InChI=1S/C16H21N3O10S/c1-25-5-6-27-10-28-12-4-3-11-8-18-9-16(13(11)7-12,14(20)17-26-2)19(15(18)21)29-30(22,23)24/h3-4,7H,5-6,8-10H2,1-2H3,(H,17,20)(H,22,23,24)/t16-/m1/s1. The Labute approximate surface area is 172 Å². The Balaban J connectivity index is 1.99. The lowest BCUT2D eigenvalue weighted by Gasteiger charge is -2.36. The third kappa shape index (κ3) is 4.19. The van der Waals surface area contributed by atoms with E-state index in [0.29, 0.717) is 29.6 Å². The van der Waals surface area contributed by atoms with Gasteiger partial charge in [-0.3, -0.25) is 14.2 Å². The molecule has 166 valence electrons. The molecule has 1 aromatic carbocycles. The zero-order chi connectivity index (χ0) is 21.9. The van der Waals surface area contributed by atoms with E-state index in [1.807, 2.05) is 0 Å².